The number of hydrogen-bond acceptors (Lipinski definition) is 0. The van der Waals surface area contributed by atoms with E-state index in [1.807, 2.05) is 0 Å². The normalized spacial score (nSPS) is 0. The van der Waals surface area contributed by atoms with Gasteiger partial charge in [0.25, 0.3) is 0 Å². The van der Waals surface area contributed by atoms with Gasteiger partial charge in [-0.15, -0.1) is 0 Å². The molecule has 32 valence electrons. The minimum atomic E-state index is 0. The first kappa shape index (κ1) is 30.9. The molecule has 0 spiro atoms. The Morgan fingerprint density at radius 1 is 0.500 bits per heavy atom. The molecule has 0 bridgehead atoms. The fourth-order valence-electron chi connectivity index (χ4n) is 0. The van der Waals surface area contributed by atoms with Crippen LogP contribution in [0.15, 0.2) is 0 Å². The summed E-state index contributed by atoms with van der Waals surface area (Å²) < 4.78 is 0. The van der Waals surface area contributed by atoms with Crippen LogP contribution in [0.3, 0.4) is 0 Å². The zero-order valence-electron chi connectivity index (χ0n) is 1.71. The molecular weight excluding hydrogens is 346 g/mol. The average Bonchev–Trinajstić information content (AvgIpc) is 0. The van der Waals surface area contributed by atoms with E-state index in [-0.39, 0.29) is 90.8 Å². The van der Waals surface area contributed by atoms with Crippen molar-refractivity contribution in [1.29, 1.82) is 0 Å². The van der Waals surface area contributed by atoms with Gasteiger partial charge in [-0.3, -0.25) is 0 Å². The molecule has 0 aliphatic rings. The molecule has 0 aromatic rings. The standard InChI is InChI=1S/2Gd.2H2O/h;;2*1H2. The molecule has 4 heteroatoms. The Hall–Kier alpha value is 2.57. The predicted octanol–water partition coefficient (Wildman–Crippen LogP) is -1.65. The van der Waals surface area contributed by atoms with E-state index in [2.05, 4.69) is 0 Å². The Balaban J connectivity index is 0. The smallest absolute Gasteiger partial charge is 0 e. The van der Waals surface area contributed by atoms with Gasteiger partial charge in [-0.05, 0) is 0 Å². The molecule has 0 heterocycles. The summed E-state index contributed by atoms with van der Waals surface area (Å²) in [4.78, 5) is 0. The van der Waals surface area contributed by atoms with E-state index in [0.717, 1.165) is 0 Å². The van der Waals surface area contributed by atoms with Crippen molar-refractivity contribution in [1.82, 2.24) is 0 Å². The fourth-order valence-corrected chi connectivity index (χ4v) is 0. The molecule has 0 rings (SSSR count). The van der Waals surface area contributed by atoms with Crippen LogP contribution in [-0.4, -0.2) is 11.0 Å². The zero-order valence-corrected chi connectivity index (χ0v) is 6.24. The van der Waals surface area contributed by atoms with E-state index in [4.69, 9.17) is 0 Å². The van der Waals surface area contributed by atoms with Crippen LogP contribution in [0.2, 0.25) is 0 Å². The minimum Gasteiger partial charge on any atom is -0.412 e. The molecule has 4 N–H and O–H groups in total. The molecule has 0 saturated carbocycles. The third-order valence-corrected chi connectivity index (χ3v) is 0. The van der Waals surface area contributed by atoms with Crippen molar-refractivity contribution in [2.75, 3.05) is 0 Å². The van der Waals surface area contributed by atoms with Crippen molar-refractivity contribution >= 4 is 0 Å². The van der Waals surface area contributed by atoms with Crippen LogP contribution in [0.25, 0.3) is 0 Å². The van der Waals surface area contributed by atoms with Gasteiger partial charge < -0.3 is 11.0 Å². The van der Waals surface area contributed by atoms with E-state index in [1.165, 1.54) is 0 Å². The van der Waals surface area contributed by atoms with Crippen molar-refractivity contribution in [3.05, 3.63) is 0 Å². The Labute approximate surface area is 88.7 Å². The molecule has 0 aliphatic carbocycles. The summed E-state index contributed by atoms with van der Waals surface area (Å²) in [7, 11) is 0. The van der Waals surface area contributed by atoms with Crippen LogP contribution in [0.5, 0.6) is 0 Å². The second-order valence-corrected chi connectivity index (χ2v) is 0. The maximum Gasteiger partial charge on any atom is 0 e. The van der Waals surface area contributed by atoms with E-state index >= 15 is 0 Å². The summed E-state index contributed by atoms with van der Waals surface area (Å²) in [5.74, 6) is 0. The van der Waals surface area contributed by atoms with Crippen LogP contribution >= 0.6 is 0 Å². The van der Waals surface area contributed by atoms with Gasteiger partial charge in [0, 0.05) is 79.9 Å². The SMILES string of the molecule is O.O.[Gd].[Gd]. The summed E-state index contributed by atoms with van der Waals surface area (Å²) in [6, 6.07) is 0. The molecule has 4 heavy (non-hydrogen) atoms. The first-order valence-electron chi connectivity index (χ1n) is 0. The van der Waals surface area contributed by atoms with Gasteiger partial charge in [0.2, 0.25) is 0 Å². The maximum absolute atomic E-state index is 0. The van der Waals surface area contributed by atoms with Crippen LogP contribution in [-0.2, 0) is 0 Å². The monoisotopic (exact) mass is 352 g/mol. The Morgan fingerprint density at radius 2 is 0.500 bits per heavy atom. The van der Waals surface area contributed by atoms with E-state index in [9.17, 15) is 0 Å². The molecule has 0 aliphatic heterocycles. The maximum atomic E-state index is 0. The molecular formula is H4Gd2O2. The van der Waals surface area contributed by atoms with Gasteiger partial charge in [-0.2, -0.15) is 0 Å². The minimum absolute atomic E-state index is 0. The van der Waals surface area contributed by atoms with Crippen LogP contribution in [0.4, 0.5) is 0 Å². The summed E-state index contributed by atoms with van der Waals surface area (Å²) in [5.41, 5.74) is 0. The van der Waals surface area contributed by atoms with Crippen LogP contribution in [0.1, 0.15) is 0 Å². The third-order valence-electron chi connectivity index (χ3n) is 0. The molecule has 0 fully saturated rings. The summed E-state index contributed by atoms with van der Waals surface area (Å²) in [6.07, 6.45) is 0. The molecule has 0 saturated heterocycles. The van der Waals surface area contributed by atoms with Crippen molar-refractivity contribution in [2.45, 2.75) is 0 Å². The van der Waals surface area contributed by atoms with Crippen molar-refractivity contribution < 1.29 is 90.8 Å². The average molecular weight is 351 g/mol. The fraction of sp³-hybridized carbons (Fsp3) is 0. The van der Waals surface area contributed by atoms with Crippen molar-refractivity contribution in [2.24, 2.45) is 0 Å². The van der Waals surface area contributed by atoms with Crippen molar-refractivity contribution in [3.63, 3.8) is 0 Å². The first-order valence-corrected chi connectivity index (χ1v) is 0. The van der Waals surface area contributed by atoms with Crippen LogP contribution in [0, 0.1) is 79.9 Å². The Morgan fingerprint density at radius 3 is 0.500 bits per heavy atom. The zero-order chi connectivity index (χ0) is 0. The quantitative estimate of drug-likeness (QED) is 0.503. The van der Waals surface area contributed by atoms with Gasteiger partial charge in [0.05, 0.1) is 0 Å². The molecule has 0 radical (unpaired) electrons. The summed E-state index contributed by atoms with van der Waals surface area (Å²) in [6.45, 7) is 0. The van der Waals surface area contributed by atoms with E-state index in [0.29, 0.717) is 0 Å². The molecule has 2 nitrogen and oxygen atoms in total. The van der Waals surface area contributed by atoms with Crippen molar-refractivity contribution in [3.8, 4) is 0 Å². The summed E-state index contributed by atoms with van der Waals surface area (Å²) >= 11 is 0. The van der Waals surface area contributed by atoms with Gasteiger partial charge in [-0.1, -0.05) is 0 Å². The third kappa shape index (κ3) is 8.82. The van der Waals surface area contributed by atoms with E-state index < -0.39 is 0 Å². The molecule has 0 aromatic heterocycles. The Bertz CT molecular complexity index is 4.00. The molecule has 0 unspecified atom stereocenters. The molecule has 0 aromatic carbocycles. The summed E-state index contributed by atoms with van der Waals surface area (Å²) in [5, 5.41) is 0. The van der Waals surface area contributed by atoms with Gasteiger partial charge in [-0.25, -0.2) is 0 Å². The van der Waals surface area contributed by atoms with Gasteiger partial charge in [0.15, 0.2) is 0 Å². The van der Waals surface area contributed by atoms with Gasteiger partial charge in [0.1, 0.15) is 0 Å². The number of hydrogen-bond donors (Lipinski definition) is 0. The largest absolute Gasteiger partial charge is 0.412 e. The number of rotatable bonds is 0. The topological polar surface area (TPSA) is 63.0 Å². The predicted molar refractivity (Wildman–Crippen MR) is 7.23 cm³/mol. The van der Waals surface area contributed by atoms with E-state index in [1.54, 1.807) is 0 Å². The van der Waals surface area contributed by atoms with Gasteiger partial charge >= 0.3 is 0 Å². The Kier molecular flexibility index (Phi) is 136. The second-order valence-electron chi connectivity index (χ2n) is 0. The molecule has 0 atom stereocenters. The van der Waals surface area contributed by atoms with Crippen LogP contribution < -0.4 is 0 Å². The second kappa shape index (κ2) is 17.6. The first-order chi connectivity index (χ1) is 0. The molecule has 0 amide bonds.